The Kier molecular flexibility index (Phi) is 5.66. The predicted octanol–water partition coefficient (Wildman–Crippen LogP) is 0.281. The van der Waals surface area contributed by atoms with E-state index in [1.165, 1.54) is 7.11 Å². The van der Waals surface area contributed by atoms with E-state index in [9.17, 15) is 9.59 Å². The average Bonchev–Trinajstić information content (AvgIpc) is 2.38. The standard InChI is InChI=1S/C12H15NO5/c1-17-10(12(15)16)7-13-11(14)8-18-9-5-3-2-4-6-9/h2-6,10H,7-8H2,1H3,(H,13,14)(H,15,16). The van der Waals surface area contributed by atoms with Crippen LogP contribution in [0.5, 0.6) is 5.75 Å². The summed E-state index contributed by atoms with van der Waals surface area (Å²) in [5, 5.41) is 11.1. The number of para-hydroxylation sites is 1. The summed E-state index contributed by atoms with van der Waals surface area (Å²) in [6.45, 7) is -0.261. The molecule has 1 unspecified atom stereocenters. The zero-order valence-electron chi connectivity index (χ0n) is 9.96. The summed E-state index contributed by atoms with van der Waals surface area (Å²) in [6, 6.07) is 8.87. The van der Waals surface area contributed by atoms with Gasteiger partial charge in [-0.05, 0) is 12.1 Å². The molecule has 1 atom stereocenters. The minimum absolute atomic E-state index is 0.0944. The number of carboxylic acid groups (broad SMARTS) is 1. The Morgan fingerprint density at radius 2 is 2.00 bits per heavy atom. The molecule has 0 saturated heterocycles. The number of rotatable bonds is 7. The summed E-state index contributed by atoms with van der Waals surface area (Å²) in [4.78, 5) is 22.0. The highest BCUT2D eigenvalue weighted by atomic mass is 16.5. The van der Waals surface area contributed by atoms with Crippen molar-refractivity contribution in [3.63, 3.8) is 0 Å². The highest BCUT2D eigenvalue weighted by molar-refractivity contribution is 5.79. The fraction of sp³-hybridized carbons (Fsp3) is 0.333. The monoisotopic (exact) mass is 253 g/mol. The van der Waals surface area contributed by atoms with E-state index in [1.807, 2.05) is 6.07 Å². The lowest BCUT2D eigenvalue weighted by Crippen LogP contribution is -2.39. The summed E-state index contributed by atoms with van der Waals surface area (Å²) < 4.78 is 9.86. The molecule has 0 aliphatic rings. The maximum absolute atomic E-state index is 11.4. The zero-order valence-corrected chi connectivity index (χ0v) is 9.96. The molecule has 0 aliphatic carbocycles. The number of hydrogen-bond acceptors (Lipinski definition) is 4. The lowest BCUT2D eigenvalue weighted by Gasteiger charge is -2.11. The SMILES string of the molecule is COC(CNC(=O)COc1ccccc1)C(=O)O. The molecule has 6 heteroatoms. The molecule has 1 aromatic rings. The van der Waals surface area contributed by atoms with Crippen LogP contribution in [0, 0.1) is 0 Å². The van der Waals surface area contributed by atoms with Gasteiger partial charge in [0.15, 0.2) is 12.7 Å². The molecule has 6 nitrogen and oxygen atoms in total. The van der Waals surface area contributed by atoms with Crippen LogP contribution in [0.4, 0.5) is 0 Å². The zero-order chi connectivity index (χ0) is 13.4. The van der Waals surface area contributed by atoms with Crippen LogP contribution in [-0.2, 0) is 14.3 Å². The smallest absolute Gasteiger partial charge is 0.334 e. The third-order valence-electron chi connectivity index (χ3n) is 2.16. The van der Waals surface area contributed by atoms with E-state index in [-0.39, 0.29) is 13.2 Å². The molecule has 0 aromatic heterocycles. The predicted molar refractivity (Wildman–Crippen MR) is 63.4 cm³/mol. The first kappa shape index (κ1) is 14.0. The Morgan fingerprint density at radius 3 is 2.56 bits per heavy atom. The Bertz CT molecular complexity index is 393. The number of hydrogen-bond donors (Lipinski definition) is 2. The molecule has 0 aliphatic heterocycles. The molecular weight excluding hydrogens is 238 g/mol. The number of nitrogens with one attached hydrogen (secondary N) is 1. The molecule has 0 bridgehead atoms. The summed E-state index contributed by atoms with van der Waals surface area (Å²) >= 11 is 0. The van der Waals surface area contributed by atoms with Crippen molar-refractivity contribution in [2.45, 2.75) is 6.10 Å². The third kappa shape index (κ3) is 4.84. The maximum Gasteiger partial charge on any atom is 0.334 e. The fourth-order valence-electron chi connectivity index (χ4n) is 1.19. The molecule has 1 aromatic carbocycles. The number of benzene rings is 1. The van der Waals surface area contributed by atoms with Gasteiger partial charge in [-0.25, -0.2) is 4.79 Å². The van der Waals surface area contributed by atoms with Gasteiger partial charge < -0.3 is 19.9 Å². The number of methoxy groups -OCH3 is 1. The van der Waals surface area contributed by atoms with Crippen LogP contribution in [0.15, 0.2) is 30.3 Å². The van der Waals surface area contributed by atoms with Crippen LogP contribution < -0.4 is 10.1 Å². The molecule has 0 fully saturated rings. The highest BCUT2D eigenvalue weighted by Crippen LogP contribution is 2.07. The van der Waals surface area contributed by atoms with Gasteiger partial charge in [0.25, 0.3) is 5.91 Å². The number of aliphatic carboxylic acids is 1. The second-order valence-corrected chi connectivity index (χ2v) is 3.47. The van der Waals surface area contributed by atoms with Gasteiger partial charge in [0.05, 0.1) is 6.54 Å². The van der Waals surface area contributed by atoms with Gasteiger partial charge in [-0.1, -0.05) is 18.2 Å². The summed E-state index contributed by atoms with van der Waals surface area (Å²) in [6.07, 6.45) is -1.05. The highest BCUT2D eigenvalue weighted by Gasteiger charge is 2.17. The molecule has 18 heavy (non-hydrogen) atoms. The van der Waals surface area contributed by atoms with Crippen LogP contribution in [0.3, 0.4) is 0 Å². The first-order valence-electron chi connectivity index (χ1n) is 5.33. The van der Waals surface area contributed by atoms with Gasteiger partial charge in [-0.15, -0.1) is 0 Å². The Hall–Kier alpha value is -2.08. The van der Waals surface area contributed by atoms with Crippen molar-refractivity contribution in [3.05, 3.63) is 30.3 Å². The van der Waals surface area contributed by atoms with E-state index in [0.29, 0.717) is 5.75 Å². The van der Waals surface area contributed by atoms with Gasteiger partial charge in [-0.3, -0.25) is 4.79 Å². The van der Waals surface area contributed by atoms with Crippen molar-refractivity contribution in [3.8, 4) is 5.75 Å². The molecule has 0 heterocycles. The second-order valence-electron chi connectivity index (χ2n) is 3.47. The van der Waals surface area contributed by atoms with Crippen molar-refractivity contribution in [1.82, 2.24) is 5.32 Å². The molecule has 98 valence electrons. The largest absolute Gasteiger partial charge is 0.484 e. The van der Waals surface area contributed by atoms with Crippen LogP contribution >= 0.6 is 0 Å². The van der Waals surface area contributed by atoms with Gasteiger partial charge >= 0.3 is 5.97 Å². The first-order valence-corrected chi connectivity index (χ1v) is 5.33. The van der Waals surface area contributed by atoms with Crippen molar-refractivity contribution >= 4 is 11.9 Å². The molecular formula is C12H15NO5. The quantitative estimate of drug-likeness (QED) is 0.729. The third-order valence-corrected chi connectivity index (χ3v) is 2.16. The summed E-state index contributed by atoms with van der Waals surface area (Å²) in [7, 11) is 1.27. The summed E-state index contributed by atoms with van der Waals surface area (Å²) in [5.74, 6) is -0.946. The number of amides is 1. The fourth-order valence-corrected chi connectivity index (χ4v) is 1.19. The van der Waals surface area contributed by atoms with E-state index in [1.54, 1.807) is 24.3 Å². The lowest BCUT2D eigenvalue weighted by molar-refractivity contribution is -0.148. The molecule has 0 spiro atoms. The number of ether oxygens (including phenoxy) is 2. The Balaban J connectivity index is 2.28. The number of carbonyl (C=O) groups is 2. The van der Waals surface area contributed by atoms with E-state index in [2.05, 4.69) is 10.1 Å². The topological polar surface area (TPSA) is 84.9 Å². The lowest BCUT2D eigenvalue weighted by atomic mass is 10.3. The molecule has 0 saturated carbocycles. The van der Waals surface area contributed by atoms with Crippen molar-refractivity contribution in [1.29, 1.82) is 0 Å². The second kappa shape index (κ2) is 7.29. The van der Waals surface area contributed by atoms with E-state index >= 15 is 0 Å². The molecule has 1 rings (SSSR count). The van der Waals surface area contributed by atoms with E-state index in [4.69, 9.17) is 9.84 Å². The summed E-state index contributed by atoms with van der Waals surface area (Å²) in [5.41, 5.74) is 0. The van der Waals surface area contributed by atoms with Gasteiger partial charge in [0.1, 0.15) is 5.75 Å². The molecule has 0 radical (unpaired) electrons. The average molecular weight is 253 g/mol. The van der Waals surface area contributed by atoms with Crippen molar-refractivity contribution in [2.75, 3.05) is 20.3 Å². The minimum Gasteiger partial charge on any atom is -0.484 e. The molecule has 2 N–H and O–H groups in total. The molecule has 1 amide bonds. The maximum atomic E-state index is 11.4. The van der Waals surface area contributed by atoms with Gasteiger partial charge in [0, 0.05) is 7.11 Å². The van der Waals surface area contributed by atoms with Crippen LogP contribution in [0.1, 0.15) is 0 Å². The minimum atomic E-state index is -1.12. The Labute approximate surface area is 105 Å². The van der Waals surface area contributed by atoms with Gasteiger partial charge in [-0.2, -0.15) is 0 Å². The van der Waals surface area contributed by atoms with Crippen molar-refractivity contribution < 1.29 is 24.2 Å². The Morgan fingerprint density at radius 1 is 1.33 bits per heavy atom. The van der Waals surface area contributed by atoms with E-state index < -0.39 is 18.0 Å². The van der Waals surface area contributed by atoms with Crippen LogP contribution in [-0.4, -0.2) is 43.3 Å². The normalized spacial score (nSPS) is 11.6. The van der Waals surface area contributed by atoms with Gasteiger partial charge in [0.2, 0.25) is 0 Å². The number of carboxylic acids is 1. The van der Waals surface area contributed by atoms with E-state index in [0.717, 1.165) is 0 Å². The first-order chi connectivity index (χ1) is 8.63. The van der Waals surface area contributed by atoms with Crippen LogP contribution in [0.25, 0.3) is 0 Å². The number of carbonyl (C=O) groups excluding carboxylic acids is 1. The van der Waals surface area contributed by atoms with Crippen LogP contribution in [0.2, 0.25) is 0 Å². The van der Waals surface area contributed by atoms with Crippen molar-refractivity contribution in [2.24, 2.45) is 0 Å².